The van der Waals surface area contributed by atoms with Crippen LogP contribution < -0.4 is 0 Å². The highest BCUT2D eigenvalue weighted by atomic mass is 16.5. The number of hydrogen-bond donors (Lipinski definition) is 0. The van der Waals surface area contributed by atoms with Crippen molar-refractivity contribution in [1.29, 1.82) is 0 Å². The molecule has 0 spiro atoms. The van der Waals surface area contributed by atoms with Crippen molar-refractivity contribution in [2.24, 2.45) is 11.3 Å². The molecule has 0 unspecified atom stereocenters. The van der Waals surface area contributed by atoms with E-state index in [4.69, 9.17) is 4.74 Å². The van der Waals surface area contributed by atoms with Crippen molar-refractivity contribution in [1.82, 2.24) is 0 Å². The van der Waals surface area contributed by atoms with Crippen molar-refractivity contribution in [3.8, 4) is 0 Å². The molecule has 1 fully saturated rings. The van der Waals surface area contributed by atoms with Gasteiger partial charge in [0, 0.05) is 5.56 Å². The number of ether oxygens (including phenoxy) is 1. The number of hydrogen-bond acceptors (Lipinski definition) is 3. The monoisotopic (exact) mass is 316 g/mol. The number of Topliss-reactive ketones (excluding diaryl/α,β-unsaturated/α-hetero) is 1. The molecule has 1 aliphatic rings. The summed E-state index contributed by atoms with van der Waals surface area (Å²) in [4.78, 5) is 23.7. The zero-order valence-corrected chi connectivity index (χ0v) is 14.7. The summed E-state index contributed by atoms with van der Waals surface area (Å²) in [5.41, 5.74) is 1.98. The van der Waals surface area contributed by atoms with Crippen molar-refractivity contribution in [2.75, 3.05) is 6.61 Å². The number of esters is 1. The number of benzene rings is 1. The Morgan fingerprint density at radius 2 is 1.78 bits per heavy atom. The Labute approximate surface area is 139 Å². The van der Waals surface area contributed by atoms with Crippen LogP contribution in [0.25, 0.3) is 0 Å². The molecule has 3 heteroatoms. The molecule has 0 atom stereocenters. The fourth-order valence-electron chi connectivity index (χ4n) is 3.54. The molecule has 0 aromatic heterocycles. The lowest BCUT2D eigenvalue weighted by Crippen LogP contribution is -2.25. The number of carbonyl (C=O) groups is 2. The number of ketones is 1. The van der Waals surface area contributed by atoms with E-state index in [9.17, 15) is 9.59 Å². The van der Waals surface area contributed by atoms with E-state index in [0.29, 0.717) is 16.9 Å². The normalized spacial score (nSPS) is 21.7. The lowest BCUT2D eigenvalue weighted by atomic mass is 9.68. The first-order valence-electron chi connectivity index (χ1n) is 8.64. The first-order chi connectivity index (χ1) is 10.8. The van der Waals surface area contributed by atoms with Crippen LogP contribution in [-0.2, 0) is 9.53 Å². The summed E-state index contributed by atoms with van der Waals surface area (Å²) < 4.78 is 4.81. The molecule has 0 aliphatic heterocycles. The van der Waals surface area contributed by atoms with Gasteiger partial charge in [-0.25, -0.2) is 4.79 Å². The van der Waals surface area contributed by atoms with Crippen molar-refractivity contribution in [3.63, 3.8) is 0 Å². The minimum atomic E-state index is -0.763. The first kappa shape index (κ1) is 17.7. The van der Waals surface area contributed by atoms with Crippen molar-refractivity contribution >= 4 is 11.8 Å². The molecule has 0 amide bonds. The van der Waals surface area contributed by atoms with Gasteiger partial charge in [0.2, 0.25) is 0 Å². The topological polar surface area (TPSA) is 43.4 Å². The summed E-state index contributed by atoms with van der Waals surface area (Å²) in [5, 5.41) is 0. The third kappa shape index (κ3) is 4.43. The third-order valence-corrected chi connectivity index (χ3v) is 5.03. The summed E-state index contributed by atoms with van der Waals surface area (Å²) in [5.74, 6) is -0.0511. The summed E-state index contributed by atoms with van der Waals surface area (Å²) in [6.07, 6.45) is 4.76. The molecule has 0 N–H and O–H groups in total. The maximum absolute atomic E-state index is 12.1. The van der Waals surface area contributed by atoms with Crippen LogP contribution in [0.15, 0.2) is 24.3 Å². The summed E-state index contributed by atoms with van der Waals surface area (Å²) in [7, 11) is 0. The number of rotatable bonds is 4. The standard InChI is InChI=1S/C20H28O3/c1-5-23-19(22)18(21)16-8-6-7-15(13-16)14-9-11-17(12-10-14)20(2,3)4/h6-8,13-14,17H,5,9-12H2,1-4H3. The fraction of sp³-hybridized carbons (Fsp3) is 0.600. The molecule has 23 heavy (non-hydrogen) atoms. The molecule has 1 saturated carbocycles. The van der Waals surface area contributed by atoms with Gasteiger partial charge in [0.1, 0.15) is 0 Å². The lowest BCUT2D eigenvalue weighted by Gasteiger charge is -2.37. The van der Waals surface area contributed by atoms with Gasteiger partial charge in [-0.1, -0.05) is 39.0 Å². The Kier molecular flexibility index (Phi) is 5.61. The fourth-order valence-corrected chi connectivity index (χ4v) is 3.54. The van der Waals surface area contributed by atoms with Crippen LogP contribution in [0.5, 0.6) is 0 Å². The second-order valence-electron chi connectivity index (χ2n) is 7.59. The average Bonchev–Trinajstić information content (AvgIpc) is 2.54. The van der Waals surface area contributed by atoms with Crippen LogP contribution in [0.3, 0.4) is 0 Å². The van der Waals surface area contributed by atoms with E-state index in [2.05, 4.69) is 26.8 Å². The maximum Gasteiger partial charge on any atom is 0.379 e. The molecule has 2 rings (SSSR count). The highest BCUT2D eigenvalue weighted by Gasteiger charge is 2.30. The maximum atomic E-state index is 12.1. The van der Waals surface area contributed by atoms with Crippen molar-refractivity contribution in [3.05, 3.63) is 35.4 Å². The predicted molar refractivity (Wildman–Crippen MR) is 91.6 cm³/mol. The highest BCUT2D eigenvalue weighted by molar-refractivity contribution is 6.40. The Hall–Kier alpha value is -1.64. The van der Waals surface area contributed by atoms with E-state index in [-0.39, 0.29) is 6.61 Å². The summed E-state index contributed by atoms with van der Waals surface area (Å²) in [6.45, 7) is 8.88. The average molecular weight is 316 g/mol. The highest BCUT2D eigenvalue weighted by Crippen LogP contribution is 2.43. The van der Waals surface area contributed by atoms with Crippen molar-refractivity contribution in [2.45, 2.75) is 59.3 Å². The second-order valence-corrected chi connectivity index (χ2v) is 7.59. The lowest BCUT2D eigenvalue weighted by molar-refractivity contribution is -0.137. The van der Waals surface area contributed by atoms with Crippen LogP contribution in [0.4, 0.5) is 0 Å². The Morgan fingerprint density at radius 1 is 1.13 bits per heavy atom. The Morgan fingerprint density at radius 3 is 2.35 bits per heavy atom. The van der Waals surface area contributed by atoms with Gasteiger partial charge < -0.3 is 4.74 Å². The molecule has 1 aromatic carbocycles. The molecule has 0 saturated heterocycles. The molecule has 0 bridgehead atoms. The quantitative estimate of drug-likeness (QED) is 0.457. The van der Waals surface area contributed by atoms with Gasteiger partial charge >= 0.3 is 5.97 Å². The van der Waals surface area contributed by atoms with Gasteiger partial charge in [-0.15, -0.1) is 0 Å². The van der Waals surface area contributed by atoms with E-state index in [1.165, 1.54) is 18.4 Å². The molecule has 3 nitrogen and oxygen atoms in total. The zero-order chi connectivity index (χ0) is 17.0. The van der Waals surface area contributed by atoms with E-state index in [0.717, 1.165) is 18.8 Å². The van der Waals surface area contributed by atoms with Crippen molar-refractivity contribution < 1.29 is 14.3 Å². The first-order valence-corrected chi connectivity index (χ1v) is 8.64. The molecule has 0 radical (unpaired) electrons. The SMILES string of the molecule is CCOC(=O)C(=O)c1cccc(C2CCC(C(C)(C)C)CC2)c1. The van der Waals surface area contributed by atoms with Crippen LogP contribution in [0, 0.1) is 11.3 Å². The van der Waals surface area contributed by atoms with Crippen LogP contribution >= 0.6 is 0 Å². The smallest absolute Gasteiger partial charge is 0.379 e. The number of carbonyl (C=O) groups excluding carboxylic acids is 2. The van der Waals surface area contributed by atoms with Gasteiger partial charge in [0.15, 0.2) is 0 Å². The van der Waals surface area contributed by atoms with Gasteiger partial charge in [-0.2, -0.15) is 0 Å². The van der Waals surface area contributed by atoms with Gasteiger partial charge in [-0.3, -0.25) is 4.79 Å². The molecule has 1 aliphatic carbocycles. The summed E-state index contributed by atoms with van der Waals surface area (Å²) >= 11 is 0. The zero-order valence-electron chi connectivity index (χ0n) is 14.7. The molecule has 126 valence electrons. The van der Waals surface area contributed by atoms with Crippen LogP contribution in [0.1, 0.15) is 75.2 Å². The molecule has 0 heterocycles. The molecule has 1 aromatic rings. The van der Waals surface area contributed by atoms with E-state index in [1.54, 1.807) is 13.0 Å². The minimum absolute atomic E-state index is 0.223. The van der Waals surface area contributed by atoms with E-state index < -0.39 is 11.8 Å². The molecular formula is C20H28O3. The van der Waals surface area contributed by atoms with Crippen LogP contribution in [-0.4, -0.2) is 18.4 Å². The Bertz CT molecular complexity index is 560. The van der Waals surface area contributed by atoms with E-state index >= 15 is 0 Å². The molecular weight excluding hydrogens is 288 g/mol. The summed E-state index contributed by atoms with van der Waals surface area (Å²) in [6, 6.07) is 7.52. The van der Waals surface area contributed by atoms with E-state index in [1.807, 2.05) is 12.1 Å². The predicted octanol–water partition coefficient (Wildman–Crippen LogP) is 4.75. The van der Waals surface area contributed by atoms with Gasteiger partial charge in [-0.05, 0) is 61.5 Å². The van der Waals surface area contributed by atoms with Crippen LogP contribution in [0.2, 0.25) is 0 Å². The van der Waals surface area contributed by atoms with Gasteiger partial charge in [0.25, 0.3) is 5.78 Å². The Balaban J connectivity index is 2.06. The minimum Gasteiger partial charge on any atom is -0.460 e. The second kappa shape index (κ2) is 7.29. The third-order valence-electron chi connectivity index (χ3n) is 5.03. The largest absolute Gasteiger partial charge is 0.460 e. The van der Waals surface area contributed by atoms with Gasteiger partial charge in [0.05, 0.1) is 6.61 Å².